The SMILES string of the molecule is Cn1c(SCC(=O)Nc2cccc3ccccc23)nnc1-c1ccc(Cl)c(Cl)c1. The Kier molecular flexibility index (Phi) is 5.76. The van der Waals surface area contributed by atoms with E-state index in [1.54, 1.807) is 12.1 Å². The Morgan fingerprint density at radius 2 is 1.83 bits per heavy atom. The van der Waals surface area contributed by atoms with Crippen LogP contribution in [0.1, 0.15) is 0 Å². The van der Waals surface area contributed by atoms with Gasteiger partial charge in [0.2, 0.25) is 5.91 Å². The van der Waals surface area contributed by atoms with E-state index >= 15 is 0 Å². The van der Waals surface area contributed by atoms with Crippen molar-refractivity contribution in [2.24, 2.45) is 7.05 Å². The molecule has 3 aromatic carbocycles. The summed E-state index contributed by atoms with van der Waals surface area (Å²) in [6, 6.07) is 19.1. The second kappa shape index (κ2) is 8.45. The number of fused-ring (bicyclic) bond motifs is 1. The van der Waals surface area contributed by atoms with Crippen molar-refractivity contribution in [2.45, 2.75) is 5.16 Å². The molecule has 4 rings (SSSR count). The predicted molar refractivity (Wildman–Crippen MR) is 120 cm³/mol. The van der Waals surface area contributed by atoms with Gasteiger partial charge in [0.05, 0.1) is 15.8 Å². The van der Waals surface area contributed by atoms with Gasteiger partial charge in [-0.2, -0.15) is 0 Å². The van der Waals surface area contributed by atoms with Gasteiger partial charge in [0, 0.05) is 23.7 Å². The fourth-order valence-corrected chi connectivity index (χ4v) is 3.99. The van der Waals surface area contributed by atoms with Crippen LogP contribution in [-0.4, -0.2) is 26.4 Å². The lowest BCUT2D eigenvalue weighted by molar-refractivity contribution is -0.113. The number of hydrogen-bond donors (Lipinski definition) is 1. The first-order chi connectivity index (χ1) is 14.0. The maximum Gasteiger partial charge on any atom is 0.234 e. The molecule has 1 heterocycles. The lowest BCUT2D eigenvalue weighted by Gasteiger charge is -2.09. The van der Waals surface area contributed by atoms with Gasteiger partial charge in [0.25, 0.3) is 0 Å². The number of nitrogens with one attached hydrogen (secondary N) is 1. The summed E-state index contributed by atoms with van der Waals surface area (Å²) in [5.41, 5.74) is 1.60. The van der Waals surface area contributed by atoms with Gasteiger partial charge >= 0.3 is 0 Å². The molecule has 0 bridgehead atoms. The molecule has 0 unspecified atom stereocenters. The molecule has 1 amide bonds. The summed E-state index contributed by atoms with van der Waals surface area (Å²) >= 11 is 13.4. The molecular formula is C21H16Cl2N4OS. The standard InChI is InChI=1S/C21H16Cl2N4OS/c1-27-20(14-9-10-16(22)17(23)11-14)25-26-21(27)29-12-19(28)24-18-8-4-6-13-5-2-3-7-15(13)18/h2-11H,12H2,1H3,(H,24,28). The third-order valence-electron chi connectivity index (χ3n) is 4.41. The highest BCUT2D eigenvalue weighted by atomic mass is 35.5. The number of halogens is 2. The Bertz CT molecular complexity index is 1200. The van der Waals surface area contributed by atoms with Crippen molar-refractivity contribution in [3.05, 3.63) is 70.7 Å². The third-order valence-corrected chi connectivity index (χ3v) is 6.17. The van der Waals surface area contributed by atoms with Crippen LogP contribution in [0, 0.1) is 0 Å². The number of hydrogen-bond acceptors (Lipinski definition) is 4. The van der Waals surface area contributed by atoms with E-state index in [2.05, 4.69) is 15.5 Å². The summed E-state index contributed by atoms with van der Waals surface area (Å²) in [5.74, 6) is 0.766. The Balaban J connectivity index is 1.46. The Labute approximate surface area is 182 Å². The van der Waals surface area contributed by atoms with E-state index in [9.17, 15) is 4.79 Å². The number of aromatic nitrogens is 3. The first kappa shape index (κ1) is 19.8. The molecule has 1 N–H and O–H groups in total. The molecule has 146 valence electrons. The van der Waals surface area contributed by atoms with Gasteiger partial charge in [-0.15, -0.1) is 10.2 Å². The monoisotopic (exact) mass is 442 g/mol. The molecule has 0 aliphatic carbocycles. The van der Waals surface area contributed by atoms with E-state index < -0.39 is 0 Å². The van der Waals surface area contributed by atoms with Crippen molar-refractivity contribution >= 4 is 57.3 Å². The first-order valence-electron chi connectivity index (χ1n) is 8.78. The maximum absolute atomic E-state index is 12.5. The highest BCUT2D eigenvalue weighted by Crippen LogP contribution is 2.29. The fraction of sp³-hybridized carbons (Fsp3) is 0.0952. The van der Waals surface area contributed by atoms with Gasteiger partial charge in [-0.3, -0.25) is 4.79 Å². The third kappa shape index (κ3) is 4.24. The van der Waals surface area contributed by atoms with Crippen LogP contribution in [0.15, 0.2) is 65.8 Å². The van der Waals surface area contributed by atoms with Crippen LogP contribution in [0.25, 0.3) is 22.2 Å². The molecule has 1 aromatic heterocycles. The molecule has 0 aliphatic rings. The second-order valence-electron chi connectivity index (χ2n) is 6.36. The zero-order chi connectivity index (χ0) is 20.4. The van der Waals surface area contributed by atoms with Crippen LogP contribution in [0.4, 0.5) is 5.69 Å². The second-order valence-corrected chi connectivity index (χ2v) is 8.11. The number of anilines is 1. The minimum atomic E-state index is -0.106. The predicted octanol–water partition coefficient (Wildman–Crippen LogP) is 5.67. The number of rotatable bonds is 5. The van der Waals surface area contributed by atoms with Crippen LogP contribution in [0.3, 0.4) is 0 Å². The molecule has 0 radical (unpaired) electrons. The van der Waals surface area contributed by atoms with Crippen molar-refractivity contribution in [1.29, 1.82) is 0 Å². The topological polar surface area (TPSA) is 59.8 Å². The van der Waals surface area contributed by atoms with Crippen LogP contribution in [0.5, 0.6) is 0 Å². The molecule has 0 aliphatic heterocycles. The molecule has 5 nitrogen and oxygen atoms in total. The smallest absolute Gasteiger partial charge is 0.234 e. The van der Waals surface area contributed by atoms with Gasteiger partial charge in [-0.05, 0) is 29.7 Å². The fourth-order valence-electron chi connectivity index (χ4n) is 2.98. The lowest BCUT2D eigenvalue weighted by atomic mass is 10.1. The minimum Gasteiger partial charge on any atom is -0.325 e. The van der Waals surface area contributed by atoms with Crippen molar-refractivity contribution in [1.82, 2.24) is 14.8 Å². The van der Waals surface area contributed by atoms with Crippen molar-refractivity contribution < 1.29 is 4.79 Å². The van der Waals surface area contributed by atoms with Gasteiger partial charge < -0.3 is 9.88 Å². The molecule has 4 aromatic rings. The Morgan fingerprint density at radius 1 is 1.03 bits per heavy atom. The largest absolute Gasteiger partial charge is 0.325 e. The molecule has 0 spiro atoms. The number of amides is 1. The molecule has 0 saturated carbocycles. The summed E-state index contributed by atoms with van der Waals surface area (Å²) in [6.45, 7) is 0. The van der Waals surface area contributed by atoms with Gasteiger partial charge in [-0.1, -0.05) is 71.4 Å². The number of carbonyl (C=O) groups excluding carboxylic acids is 1. The van der Waals surface area contributed by atoms with Crippen LogP contribution in [0.2, 0.25) is 10.0 Å². The maximum atomic E-state index is 12.5. The van der Waals surface area contributed by atoms with E-state index in [-0.39, 0.29) is 11.7 Å². The van der Waals surface area contributed by atoms with Crippen LogP contribution < -0.4 is 5.32 Å². The summed E-state index contributed by atoms with van der Waals surface area (Å²) in [6.07, 6.45) is 0. The van der Waals surface area contributed by atoms with Gasteiger partial charge in [0.1, 0.15) is 0 Å². The molecule has 29 heavy (non-hydrogen) atoms. The highest BCUT2D eigenvalue weighted by molar-refractivity contribution is 7.99. The van der Waals surface area contributed by atoms with Gasteiger partial charge in [-0.25, -0.2) is 0 Å². The van der Waals surface area contributed by atoms with E-state index in [4.69, 9.17) is 23.2 Å². The number of nitrogens with zero attached hydrogens (tertiary/aromatic N) is 3. The summed E-state index contributed by atoms with van der Waals surface area (Å²) in [4.78, 5) is 12.5. The minimum absolute atomic E-state index is 0.106. The lowest BCUT2D eigenvalue weighted by Crippen LogP contribution is -2.14. The van der Waals surface area contributed by atoms with E-state index in [1.807, 2.05) is 60.1 Å². The quantitative estimate of drug-likeness (QED) is 0.404. The van der Waals surface area contributed by atoms with Gasteiger partial charge in [0.15, 0.2) is 11.0 Å². The Morgan fingerprint density at radius 3 is 2.66 bits per heavy atom. The van der Waals surface area contributed by atoms with Crippen LogP contribution in [-0.2, 0) is 11.8 Å². The molecule has 8 heteroatoms. The Hall–Kier alpha value is -2.54. The number of benzene rings is 3. The summed E-state index contributed by atoms with van der Waals surface area (Å²) < 4.78 is 1.83. The summed E-state index contributed by atoms with van der Waals surface area (Å²) in [7, 11) is 1.85. The van der Waals surface area contributed by atoms with E-state index in [0.717, 1.165) is 22.0 Å². The molecule has 0 saturated heterocycles. The van der Waals surface area contributed by atoms with Crippen molar-refractivity contribution in [3.63, 3.8) is 0 Å². The molecule has 0 fully saturated rings. The first-order valence-corrected chi connectivity index (χ1v) is 10.5. The van der Waals surface area contributed by atoms with Crippen molar-refractivity contribution in [2.75, 3.05) is 11.1 Å². The number of thioether (sulfide) groups is 1. The molecule has 0 atom stereocenters. The summed E-state index contributed by atoms with van der Waals surface area (Å²) in [5, 5.41) is 15.1. The highest BCUT2D eigenvalue weighted by Gasteiger charge is 2.14. The average Bonchev–Trinajstić information content (AvgIpc) is 3.09. The zero-order valence-corrected chi connectivity index (χ0v) is 17.7. The average molecular weight is 443 g/mol. The zero-order valence-electron chi connectivity index (χ0n) is 15.4. The van der Waals surface area contributed by atoms with Crippen LogP contribution >= 0.6 is 35.0 Å². The normalized spacial score (nSPS) is 11.0. The number of carbonyl (C=O) groups is 1. The van der Waals surface area contributed by atoms with Crippen molar-refractivity contribution in [3.8, 4) is 11.4 Å². The molecular weight excluding hydrogens is 427 g/mol. The van der Waals surface area contributed by atoms with E-state index in [0.29, 0.717) is 21.0 Å². The van der Waals surface area contributed by atoms with E-state index in [1.165, 1.54) is 11.8 Å².